The first-order valence-corrected chi connectivity index (χ1v) is 10.8. The van der Waals surface area contributed by atoms with Crippen LogP contribution in [0.5, 0.6) is 17.2 Å². The summed E-state index contributed by atoms with van der Waals surface area (Å²) in [6.07, 6.45) is 0.854. The van der Waals surface area contributed by atoms with Crippen LogP contribution in [-0.2, 0) is 0 Å². The van der Waals surface area contributed by atoms with Crippen molar-refractivity contribution in [2.45, 2.75) is 12.1 Å². The molecule has 0 saturated heterocycles. The van der Waals surface area contributed by atoms with Crippen LogP contribution in [0.2, 0.25) is 0 Å². The van der Waals surface area contributed by atoms with E-state index in [9.17, 15) is 0 Å². The Bertz CT molecular complexity index is 1430. The second-order valence-electron chi connectivity index (χ2n) is 8.01. The van der Waals surface area contributed by atoms with Crippen LogP contribution in [0.4, 0.5) is 10.3 Å². The van der Waals surface area contributed by atoms with Crippen LogP contribution in [-0.4, -0.2) is 29.0 Å². The molecule has 3 heterocycles. The van der Waals surface area contributed by atoms with Gasteiger partial charge in [-0.2, -0.15) is 10.1 Å². The SMILES string of the molecule is COc1ccc(OC)c(C2Oc3ccccc3C3=C2C(c2ccccc2F)n2ncnc2N3)c1. The standard InChI is InChI=1S/C26H21FN4O3/c1-32-15-11-12-20(33-2)18(13-15)25-22-23(17-8-4-6-10-21(17)34-25)30-26-28-14-29-31(26)24(22)16-7-3-5-9-19(16)27/h3-14,24-25H,1-2H3,(H,28,29,30). The molecule has 170 valence electrons. The number of benzene rings is 3. The molecule has 2 atom stereocenters. The van der Waals surface area contributed by atoms with Gasteiger partial charge in [-0.3, -0.25) is 0 Å². The van der Waals surface area contributed by atoms with Crippen molar-refractivity contribution < 1.29 is 18.6 Å². The van der Waals surface area contributed by atoms with Crippen LogP contribution < -0.4 is 19.5 Å². The third-order valence-electron chi connectivity index (χ3n) is 6.24. The van der Waals surface area contributed by atoms with Gasteiger partial charge in [0.15, 0.2) is 6.10 Å². The highest BCUT2D eigenvalue weighted by molar-refractivity contribution is 5.85. The first-order valence-electron chi connectivity index (χ1n) is 10.8. The van der Waals surface area contributed by atoms with Crippen molar-refractivity contribution in [2.75, 3.05) is 19.5 Å². The van der Waals surface area contributed by atoms with Crippen LogP contribution in [0, 0.1) is 5.82 Å². The molecule has 34 heavy (non-hydrogen) atoms. The number of rotatable bonds is 4. The molecule has 0 fully saturated rings. The van der Waals surface area contributed by atoms with E-state index in [4.69, 9.17) is 14.2 Å². The second-order valence-corrected chi connectivity index (χ2v) is 8.01. The van der Waals surface area contributed by atoms with Crippen LogP contribution in [0.25, 0.3) is 5.70 Å². The van der Waals surface area contributed by atoms with Gasteiger partial charge in [-0.15, -0.1) is 0 Å². The molecular weight excluding hydrogens is 435 g/mol. The number of halogens is 1. The second kappa shape index (κ2) is 7.91. The van der Waals surface area contributed by atoms with Crippen molar-refractivity contribution in [1.29, 1.82) is 0 Å². The smallest absolute Gasteiger partial charge is 0.226 e. The van der Waals surface area contributed by atoms with E-state index in [2.05, 4.69) is 15.4 Å². The van der Waals surface area contributed by atoms with Crippen molar-refractivity contribution in [3.8, 4) is 17.2 Å². The maximum absolute atomic E-state index is 15.2. The molecule has 8 heteroatoms. The van der Waals surface area contributed by atoms with Gasteiger partial charge >= 0.3 is 0 Å². The minimum Gasteiger partial charge on any atom is -0.497 e. The summed E-state index contributed by atoms with van der Waals surface area (Å²) in [7, 11) is 3.22. The maximum atomic E-state index is 15.2. The van der Waals surface area contributed by atoms with Crippen molar-refractivity contribution in [2.24, 2.45) is 0 Å². The average molecular weight is 456 g/mol. The van der Waals surface area contributed by atoms with Gasteiger partial charge < -0.3 is 19.5 Å². The quantitative estimate of drug-likeness (QED) is 0.466. The highest BCUT2D eigenvalue weighted by Gasteiger charge is 2.42. The van der Waals surface area contributed by atoms with Gasteiger partial charge in [0.05, 0.1) is 19.9 Å². The van der Waals surface area contributed by atoms with Crippen LogP contribution in [0.3, 0.4) is 0 Å². The number of aromatic nitrogens is 3. The minimum absolute atomic E-state index is 0.335. The Kier molecular flexibility index (Phi) is 4.72. The number of hydrogen-bond donors (Lipinski definition) is 1. The fourth-order valence-electron chi connectivity index (χ4n) is 4.72. The monoisotopic (exact) mass is 456 g/mol. The molecule has 0 saturated carbocycles. The Morgan fingerprint density at radius 1 is 0.971 bits per heavy atom. The summed E-state index contributed by atoms with van der Waals surface area (Å²) in [6, 6.07) is 19.4. The third kappa shape index (κ3) is 3.02. The third-order valence-corrected chi connectivity index (χ3v) is 6.24. The van der Waals surface area contributed by atoms with Gasteiger partial charge in [0.2, 0.25) is 5.95 Å². The fourth-order valence-corrected chi connectivity index (χ4v) is 4.72. The van der Waals surface area contributed by atoms with E-state index >= 15 is 4.39 Å². The number of anilines is 1. The summed E-state index contributed by atoms with van der Waals surface area (Å²) >= 11 is 0. The molecule has 0 bridgehead atoms. The molecular formula is C26H21FN4O3. The van der Waals surface area contributed by atoms with E-state index in [0.717, 1.165) is 22.4 Å². The van der Waals surface area contributed by atoms with Gasteiger partial charge in [-0.05, 0) is 36.4 Å². The number of nitrogens with zero attached hydrogens (tertiary/aromatic N) is 3. The molecule has 3 aromatic carbocycles. The summed E-state index contributed by atoms with van der Waals surface area (Å²) < 4.78 is 34.7. The highest BCUT2D eigenvalue weighted by atomic mass is 19.1. The maximum Gasteiger partial charge on any atom is 0.226 e. The molecule has 4 aromatic rings. The highest BCUT2D eigenvalue weighted by Crippen LogP contribution is 2.52. The van der Waals surface area contributed by atoms with Gasteiger partial charge in [0, 0.05) is 22.3 Å². The van der Waals surface area contributed by atoms with Crippen molar-refractivity contribution in [1.82, 2.24) is 14.8 Å². The van der Waals surface area contributed by atoms with Gasteiger partial charge in [0.1, 0.15) is 35.4 Å². The van der Waals surface area contributed by atoms with E-state index in [-0.39, 0.29) is 5.82 Å². The Morgan fingerprint density at radius 3 is 2.62 bits per heavy atom. The lowest BCUT2D eigenvalue weighted by atomic mass is 9.84. The number of fused-ring (bicyclic) bond motifs is 3. The first-order chi connectivity index (χ1) is 16.7. The molecule has 2 unspecified atom stereocenters. The molecule has 0 radical (unpaired) electrons. The van der Waals surface area contributed by atoms with E-state index in [1.54, 1.807) is 31.0 Å². The molecule has 7 nitrogen and oxygen atoms in total. The lowest BCUT2D eigenvalue weighted by Crippen LogP contribution is -2.33. The molecule has 1 N–H and O–H groups in total. The minimum atomic E-state index is -0.607. The number of methoxy groups -OCH3 is 2. The summed E-state index contributed by atoms with van der Waals surface area (Å²) in [5, 5.41) is 7.85. The zero-order valence-corrected chi connectivity index (χ0v) is 18.5. The topological polar surface area (TPSA) is 70.4 Å². The van der Waals surface area contributed by atoms with Gasteiger partial charge in [-0.25, -0.2) is 9.07 Å². The zero-order valence-electron chi connectivity index (χ0n) is 18.5. The number of ether oxygens (including phenoxy) is 3. The molecule has 0 spiro atoms. The molecule has 6 rings (SSSR count). The van der Waals surface area contributed by atoms with Gasteiger partial charge in [-0.1, -0.05) is 30.3 Å². The average Bonchev–Trinajstić information content (AvgIpc) is 3.35. The van der Waals surface area contributed by atoms with Gasteiger partial charge in [0.25, 0.3) is 0 Å². The fraction of sp³-hybridized carbons (Fsp3) is 0.154. The molecule has 1 aromatic heterocycles. The largest absolute Gasteiger partial charge is 0.497 e. The number of para-hydroxylation sites is 1. The first kappa shape index (κ1) is 20.3. The Labute approximate surface area is 195 Å². The normalized spacial score (nSPS) is 18.2. The van der Waals surface area contributed by atoms with Crippen molar-refractivity contribution >= 4 is 11.6 Å². The van der Waals surface area contributed by atoms with E-state index in [1.165, 1.54) is 12.4 Å². The van der Waals surface area contributed by atoms with Crippen LogP contribution in [0.1, 0.15) is 28.8 Å². The lowest BCUT2D eigenvalue weighted by Gasteiger charge is -2.39. The van der Waals surface area contributed by atoms with E-state index in [0.29, 0.717) is 28.8 Å². The van der Waals surface area contributed by atoms with Crippen LogP contribution in [0.15, 0.2) is 78.6 Å². The number of nitrogens with one attached hydrogen (secondary N) is 1. The predicted octanol–water partition coefficient (Wildman–Crippen LogP) is 4.99. The Hall–Kier alpha value is -4.33. The molecule has 2 aliphatic heterocycles. The van der Waals surface area contributed by atoms with Crippen LogP contribution >= 0.6 is 0 Å². The Morgan fingerprint density at radius 2 is 1.79 bits per heavy atom. The summed E-state index contributed by atoms with van der Waals surface area (Å²) in [6.45, 7) is 0. The zero-order chi connectivity index (χ0) is 23.2. The summed E-state index contributed by atoms with van der Waals surface area (Å²) in [5.74, 6) is 2.18. The van der Waals surface area contributed by atoms with Crippen molar-refractivity contribution in [3.63, 3.8) is 0 Å². The van der Waals surface area contributed by atoms with E-state index < -0.39 is 12.1 Å². The molecule has 0 aliphatic carbocycles. The summed E-state index contributed by atoms with van der Waals surface area (Å²) in [4.78, 5) is 4.38. The lowest BCUT2D eigenvalue weighted by molar-refractivity contribution is 0.216. The number of hydrogen-bond acceptors (Lipinski definition) is 6. The Balaban J connectivity index is 1.66. The molecule has 0 amide bonds. The predicted molar refractivity (Wildman–Crippen MR) is 124 cm³/mol. The van der Waals surface area contributed by atoms with E-state index in [1.807, 2.05) is 48.5 Å². The van der Waals surface area contributed by atoms with Crippen molar-refractivity contribution in [3.05, 3.63) is 101 Å². The molecule has 2 aliphatic rings. The summed E-state index contributed by atoms with van der Waals surface area (Å²) in [5.41, 5.74) is 3.71.